The van der Waals surface area contributed by atoms with Gasteiger partial charge in [0.15, 0.2) is 0 Å². The van der Waals surface area contributed by atoms with Crippen LogP contribution in [-0.4, -0.2) is 28.6 Å². The van der Waals surface area contributed by atoms with Gasteiger partial charge in [-0.05, 0) is 42.8 Å². The smallest absolute Gasteiger partial charge is 0.266 e. The van der Waals surface area contributed by atoms with Crippen LogP contribution in [0.4, 0.5) is 0 Å². The van der Waals surface area contributed by atoms with Crippen molar-refractivity contribution < 1.29 is 4.74 Å². The van der Waals surface area contributed by atoms with Gasteiger partial charge >= 0.3 is 0 Å². The third-order valence-corrected chi connectivity index (χ3v) is 6.71. The largest absolute Gasteiger partial charge is 0.480 e. The highest BCUT2D eigenvalue weighted by Crippen LogP contribution is 2.47. The SMILES string of the molecule is COc1nc(C)c2[nH]c(=O)c3sccc3c2c1-c1ccc(C2(CN)CC2)cn1. The number of nitrogens with zero attached hydrogens (tertiary/aromatic N) is 2. The number of rotatable bonds is 4. The van der Waals surface area contributed by atoms with Gasteiger partial charge in [0.05, 0.1) is 29.6 Å². The fourth-order valence-electron chi connectivity index (χ4n) is 3.95. The van der Waals surface area contributed by atoms with Crippen LogP contribution in [0.3, 0.4) is 0 Å². The number of hydrogen-bond acceptors (Lipinski definition) is 6. The first-order valence-electron chi connectivity index (χ1n) is 9.23. The van der Waals surface area contributed by atoms with E-state index < -0.39 is 0 Å². The molecule has 6 nitrogen and oxygen atoms in total. The van der Waals surface area contributed by atoms with Crippen LogP contribution in [0, 0.1) is 6.92 Å². The maximum Gasteiger partial charge on any atom is 0.266 e. The first-order chi connectivity index (χ1) is 13.6. The maximum absolute atomic E-state index is 12.5. The molecule has 5 rings (SSSR count). The summed E-state index contributed by atoms with van der Waals surface area (Å²) in [5.41, 5.74) is 10.1. The van der Waals surface area contributed by atoms with Gasteiger partial charge in [-0.2, -0.15) is 0 Å². The lowest BCUT2D eigenvalue weighted by molar-refractivity contribution is 0.399. The first kappa shape index (κ1) is 17.3. The van der Waals surface area contributed by atoms with E-state index in [1.807, 2.05) is 30.6 Å². The van der Waals surface area contributed by atoms with Crippen molar-refractivity contribution in [2.45, 2.75) is 25.2 Å². The Morgan fingerprint density at radius 3 is 2.79 bits per heavy atom. The van der Waals surface area contributed by atoms with E-state index in [2.05, 4.69) is 16.0 Å². The van der Waals surface area contributed by atoms with Crippen LogP contribution in [-0.2, 0) is 5.41 Å². The van der Waals surface area contributed by atoms with E-state index in [0.717, 1.165) is 46.1 Å². The van der Waals surface area contributed by atoms with Gasteiger partial charge in [0.1, 0.15) is 4.70 Å². The lowest BCUT2D eigenvalue weighted by atomic mass is 9.96. The van der Waals surface area contributed by atoms with Crippen molar-refractivity contribution in [3.63, 3.8) is 0 Å². The minimum atomic E-state index is -0.0968. The van der Waals surface area contributed by atoms with Crippen molar-refractivity contribution in [1.29, 1.82) is 0 Å². The van der Waals surface area contributed by atoms with Crippen molar-refractivity contribution in [3.8, 4) is 17.1 Å². The van der Waals surface area contributed by atoms with Crippen LogP contribution in [0.2, 0.25) is 0 Å². The minimum absolute atomic E-state index is 0.0923. The van der Waals surface area contributed by atoms with E-state index in [-0.39, 0.29) is 11.0 Å². The Kier molecular flexibility index (Phi) is 3.79. The van der Waals surface area contributed by atoms with Crippen molar-refractivity contribution in [2.24, 2.45) is 5.73 Å². The number of thiophene rings is 1. The summed E-state index contributed by atoms with van der Waals surface area (Å²) in [5, 5.41) is 3.74. The third-order valence-electron chi connectivity index (χ3n) is 5.79. The Morgan fingerprint density at radius 2 is 2.14 bits per heavy atom. The molecule has 1 aliphatic rings. The third kappa shape index (κ3) is 2.40. The Hall–Kier alpha value is -2.77. The topological polar surface area (TPSA) is 93.9 Å². The van der Waals surface area contributed by atoms with Crippen LogP contribution >= 0.6 is 11.3 Å². The second kappa shape index (κ2) is 6.12. The summed E-state index contributed by atoms with van der Waals surface area (Å²) in [5.74, 6) is 0.504. The number of aromatic nitrogens is 3. The standard InChI is InChI=1S/C21H20N4O2S/c1-11-17-15(13-5-8-28-18(13)19(26)25-17)16(20(24-11)27-2)14-4-3-12(9-23-14)21(10-22)6-7-21/h3-5,8-9H,6-7,10,22H2,1-2H3,(H,25,26). The number of ether oxygens (including phenoxy) is 1. The summed E-state index contributed by atoms with van der Waals surface area (Å²) in [6, 6.07) is 6.08. The Morgan fingerprint density at radius 1 is 1.32 bits per heavy atom. The highest BCUT2D eigenvalue weighted by Gasteiger charge is 2.43. The summed E-state index contributed by atoms with van der Waals surface area (Å²) in [6.45, 7) is 2.51. The van der Waals surface area contributed by atoms with Crippen molar-refractivity contribution in [2.75, 3.05) is 13.7 Å². The number of aromatic amines is 1. The van der Waals surface area contributed by atoms with Crippen LogP contribution in [0.25, 0.3) is 32.2 Å². The van der Waals surface area contributed by atoms with E-state index in [1.54, 1.807) is 7.11 Å². The van der Waals surface area contributed by atoms with Gasteiger partial charge in [0.25, 0.3) is 5.56 Å². The molecule has 3 N–H and O–H groups in total. The average molecular weight is 392 g/mol. The molecule has 4 heterocycles. The van der Waals surface area contributed by atoms with Crippen molar-refractivity contribution >= 4 is 32.3 Å². The minimum Gasteiger partial charge on any atom is -0.480 e. The predicted octanol–water partition coefficient (Wildman–Crippen LogP) is 3.51. The molecule has 0 amide bonds. The summed E-state index contributed by atoms with van der Waals surface area (Å²) in [7, 11) is 1.61. The Labute approximate surface area is 165 Å². The number of H-pyrrole nitrogens is 1. The van der Waals surface area contributed by atoms with E-state index in [9.17, 15) is 4.79 Å². The number of fused-ring (bicyclic) bond motifs is 3. The van der Waals surface area contributed by atoms with Gasteiger partial charge in [0.2, 0.25) is 5.88 Å². The van der Waals surface area contributed by atoms with Gasteiger partial charge in [-0.25, -0.2) is 4.98 Å². The van der Waals surface area contributed by atoms with Crippen LogP contribution in [0.5, 0.6) is 5.88 Å². The molecule has 28 heavy (non-hydrogen) atoms. The molecule has 0 radical (unpaired) electrons. The molecule has 0 aliphatic heterocycles. The van der Waals surface area contributed by atoms with Gasteiger partial charge in [-0.1, -0.05) is 6.07 Å². The van der Waals surface area contributed by atoms with Crippen LogP contribution < -0.4 is 16.0 Å². The second-order valence-corrected chi connectivity index (χ2v) is 8.28. The summed E-state index contributed by atoms with van der Waals surface area (Å²) >= 11 is 1.43. The van der Waals surface area contributed by atoms with Crippen LogP contribution in [0.15, 0.2) is 34.6 Å². The molecular weight excluding hydrogens is 372 g/mol. The molecule has 0 aromatic carbocycles. The van der Waals surface area contributed by atoms with E-state index in [4.69, 9.17) is 15.5 Å². The van der Waals surface area contributed by atoms with Crippen LogP contribution in [0.1, 0.15) is 24.1 Å². The highest BCUT2D eigenvalue weighted by molar-refractivity contribution is 7.17. The molecule has 0 bridgehead atoms. The Balaban J connectivity index is 1.82. The summed E-state index contributed by atoms with van der Waals surface area (Å²) in [6.07, 6.45) is 4.13. The number of aryl methyl sites for hydroxylation is 1. The molecule has 0 saturated heterocycles. The number of nitrogens with two attached hydrogens (primary N) is 1. The number of nitrogens with one attached hydrogen (secondary N) is 1. The lowest BCUT2D eigenvalue weighted by Gasteiger charge is -2.16. The predicted molar refractivity (Wildman–Crippen MR) is 112 cm³/mol. The molecule has 0 atom stereocenters. The van der Waals surface area contributed by atoms with Gasteiger partial charge in [-0.15, -0.1) is 11.3 Å². The number of pyridine rings is 3. The monoisotopic (exact) mass is 392 g/mol. The zero-order valence-corrected chi connectivity index (χ0v) is 16.5. The molecule has 1 saturated carbocycles. The zero-order chi connectivity index (χ0) is 19.5. The molecule has 4 aromatic heterocycles. The number of hydrogen-bond donors (Lipinski definition) is 2. The molecule has 0 unspecified atom stereocenters. The van der Waals surface area contributed by atoms with E-state index >= 15 is 0 Å². The maximum atomic E-state index is 12.5. The normalized spacial score (nSPS) is 15.2. The molecule has 142 valence electrons. The molecule has 1 fully saturated rings. The Bertz CT molecular complexity index is 1270. The quantitative estimate of drug-likeness (QED) is 0.554. The van der Waals surface area contributed by atoms with Gasteiger partial charge in [-0.3, -0.25) is 9.78 Å². The molecule has 1 aliphatic carbocycles. The van der Waals surface area contributed by atoms with Gasteiger partial charge in [0, 0.05) is 28.9 Å². The van der Waals surface area contributed by atoms with E-state index in [0.29, 0.717) is 17.1 Å². The van der Waals surface area contributed by atoms with Gasteiger partial charge < -0.3 is 15.5 Å². The molecule has 0 spiro atoms. The molecular formula is C21H20N4O2S. The molecule has 4 aromatic rings. The highest BCUT2D eigenvalue weighted by atomic mass is 32.1. The molecule has 7 heteroatoms. The zero-order valence-electron chi connectivity index (χ0n) is 15.7. The first-order valence-corrected chi connectivity index (χ1v) is 10.1. The average Bonchev–Trinajstić information content (AvgIpc) is 3.36. The summed E-state index contributed by atoms with van der Waals surface area (Å²) in [4.78, 5) is 24.8. The fourth-order valence-corrected chi connectivity index (χ4v) is 4.75. The second-order valence-electron chi connectivity index (χ2n) is 7.37. The van der Waals surface area contributed by atoms with Crippen molar-refractivity contribution in [3.05, 3.63) is 51.4 Å². The van der Waals surface area contributed by atoms with E-state index in [1.165, 1.54) is 16.9 Å². The summed E-state index contributed by atoms with van der Waals surface area (Å²) < 4.78 is 6.31. The lowest BCUT2D eigenvalue weighted by Crippen LogP contribution is -2.19. The van der Waals surface area contributed by atoms with Crippen molar-refractivity contribution in [1.82, 2.24) is 15.0 Å². The fraction of sp³-hybridized carbons (Fsp3) is 0.286. The number of methoxy groups -OCH3 is 1.